The number of carbonyl (C=O) groups excluding carboxylic acids is 1. The Morgan fingerprint density at radius 1 is 0.949 bits per heavy atom. The van der Waals surface area contributed by atoms with E-state index in [9.17, 15) is 13.6 Å². The topological polar surface area (TPSA) is 85.6 Å². The van der Waals surface area contributed by atoms with Crippen molar-refractivity contribution in [1.29, 1.82) is 0 Å². The maximum atomic E-state index is 14.1. The number of para-hydroxylation sites is 2. The number of imidazole rings is 1. The van der Waals surface area contributed by atoms with Gasteiger partial charge in [0.05, 0.1) is 24.2 Å². The lowest BCUT2D eigenvalue weighted by atomic mass is 9.86. The molecular weight excluding hydrogens is 506 g/mol. The van der Waals surface area contributed by atoms with Crippen LogP contribution in [-0.4, -0.2) is 75.8 Å². The van der Waals surface area contributed by atoms with Gasteiger partial charge in [-0.15, -0.1) is 0 Å². The summed E-state index contributed by atoms with van der Waals surface area (Å²) in [5.74, 6) is 0.991. The van der Waals surface area contributed by atoms with E-state index in [4.69, 9.17) is 14.5 Å². The van der Waals surface area contributed by atoms with Crippen molar-refractivity contribution in [2.24, 2.45) is 5.92 Å². The lowest BCUT2D eigenvalue weighted by Gasteiger charge is -2.34. The fourth-order valence-electron chi connectivity index (χ4n) is 5.88. The minimum atomic E-state index is -2.78. The summed E-state index contributed by atoms with van der Waals surface area (Å²) < 4.78 is 41.4. The second-order valence-electron chi connectivity index (χ2n) is 10.5. The number of benzene rings is 1. The summed E-state index contributed by atoms with van der Waals surface area (Å²) in [5.41, 5.74) is 1.01. The predicted molar refractivity (Wildman–Crippen MR) is 141 cm³/mol. The van der Waals surface area contributed by atoms with Crippen LogP contribution in [0.3, 0.4) is 0 Å². The van der Waals surface area contributed by atoms with E-state index in [1.165, 1.54) is 11.0 Å². The molecule has 11 heteroatoms. The number of fused-ring (bicyclic) bond motifs is 1. The fourth-order valence-corrected chi connectivity index (χ4v) is 5.88. The zero-order valence-electron chi connectivity index (χ0n) is 22.0. The molecule has 0 N–H and O–H groups in total. The van der Waals surface area contributed by atoms with E-state index in [0.29, 0.717) is 55.0 Å². The van der Waals surface area contributed by atoms with Gasteiger partial charge in [-0.05, 0) is 57.1 Å². The van der Waals surface area contributed by atoms with Gasteiger partial charge < -0.3 is 19.3 Å². The smallest absolute Gasteiger partial charge is 0.296 e. The molecule has 0 bridgehead atoms. The number of carbonyl (C=O) groups is 1. The molecule has 1 aromatic carbocycles. The van der Waals surface area contributed by atoms with Crippen LogP contribution < -0.4 is 9.64 Å². The highest BCUT2D eigenvalue weighted by atomic mass is 19.3. The third-order valence-corrected chi connectivity index (χ3v) is 7.96. The van der Waals surface area contributed by atoms with E-state index in [0.717, 1.165) is 51.6 Å². The first-order valence-corrected chi connectivity index (χ1v) is 14.0. The zero-order valence-corrected chi connectivity index (χ0v) is 22.0. The maximum Gasteiger partial charge on any atom is 0.296 e. The number of amides is 1. The van der Waals surface area contributed by atoms with Crippen LogP contribution in [0.2, 0.25) is 0 Å². The molecule has 1 amide bonds. The number of rotatable bonds is 6. The van der Waals surface area contributed by atoms with Gasteiger partial charge >= 0.3 is 0 Å². The highest BCUT2D eigenvalue weighted by Gasteiger charge is 2.31. The number of hydrogen-bond acceptors (Lipinski definition) is 7. The van der Waals surface area contributed by atoms with Gasteiger partial charge in [0.2, 0.25) is 17.7 Å². The largest absolute Gasteiger partial charge is 0.474 e. The molecular formula is C28H34F2N6O3. The summed E-state index contributed by atoms with van der Waals surface area (Å²) >= 11 is 0. The number of piperidine rings is 1. The standard InChI is InChI=1S/C28H34F2N6O3/c29-25(30)26-31-21-6-2-3-7-22(21)36(26)23-18-24(33-28(32-23)35-14-16-38-17-15-35)39-20-10-8-19(9-11-20)27(37)34-12-4-1-5-13-34/h2-3,6-7,18-20,25H,1,4-5,8-17H2. The van der Waals surface area contributed by atoms with Gasteiger partial charge in [0.1, 0.15) is 11.9 Å². The Bertz CT molecular complexity index is 1300. The second kappa shape index (κ2) is 11.4. The number of anilines is 1. The Labute approximate surface area is 226 Å². The van der Waals surface area contributed by atoms with Crippen molar-refractivity contribution in [3.8, 4) is 11.7 Å². The average Bonchev–Trinajstić information content (AvgIpc) is 3.38. The molecule has 1 aliphatic carbocycles. The van der Waals surface area contributed by atoms with E-state index >= 15 is 0 Å². The minimum absolute atomic E-state index is 0.0405. The van der Waals surface area contributed by atoms with E-state index in [1.807, 2.05) is 9.80 Å². The van der Waals surface area contributed by atoms with Crippen LogP contribution in [0.15, 0.2) is 30.3 Å². The van der Waals surface area contributed by atoms with Gasteiger partial charge in [0, 0.05) is 38.2 Å². The number of aromatic nitrogens is 4. The van der Waals surface area contributed by atoms with E-state index in [2.05, 4.69) is 9.97 Å². The summed E-state index contributed by atoms with van der Waals surface area (Å²) in [4.78, 5) is 30.5. The predicted octanol–water partition coefficient (Wildman–Crippen LogP) is 4.54. The molecule has 2 saturated heterocycles. The second-order valence-corrected chi connectivity index (χ2v) is 10.5. The van der Waals surface area contributed by atoms with Crippen molar-refractivity contribution in [3.05, 3.63) is 36.2 Å². The number of nitrogens with zero attached hydrogens (tertiary/aromatic N) is 6. The van der Waals surface area contributed by atoms with Gasteiger partial charge in [-0.1, -0.05) is 12.1 Å². The molecule has 3 fully saturated rings. The van der Waals surface area contributed by atoms with Crippen LogP contribution in [0.5, 0.6) is 5.88 Å². The van der Waals surface area contributed by atoms with Crippen molar-refractivity contribution in [2.45, 2.75) is 57.5 Å². The molecule has 208 valence electrons. The fraction of sp³-hybridized carbons (Fsp3) is 0.571. The van der Waals surface area contributed by atoms with Crippen LogP contribution in [0.4, 0.5) is 14.7 Å². The minimum Gasteiger partial charge on any atom is -0.474 e. The molecule has 39 heavy (non-hydrogen) atoms. The Kier molecular flexibility index (Phi) is 7.58. The number of hydrogen-bond donors (Lipinski definition) is 0. The molecule has 0 atom stereocenters. The van der Waals surface area contributed by atoms with Gasteiger partial charge in [-0.2, -0.15) is 9.97 Å². The van der Waals surface area contributed by atoms with Crippen molar-refractivity contribution in [1.82, 2.24) is 24.4 Å². The monoisotopic (exact) mass is 540 g/mol. The highest BCUT2D eigenvalue weighted by Crippen LogP contribution is 2.32. The summed E-state index contributed by atoms with van der Waals surface area (Å²) in [5, 5.41) is 0. The van der Waals surface area contributed by atoms with Crippen LogP contribution in [0.25, 0.3) is 16.9 Å². The van der Waals surface area contributed by atoms with Gasteiger partial charge in [0.25, 0.3) is 6.43 Å². The maximum absolute atomic E-state index is 14.1. The lowest BCUT2D eigenvalue weighted by Crippen LogP contribution is -2.41. The first-order chi connectivity index (χ1) is 19.1. The summed E-state index contributed by atoms with van der Waals surface area (Å²) in [6.07, 6.45) is 3.52. The number of likely N-dealkylation sites (tertiary alicyclic amines) is 1. The van der Waals surface area contributed by atoms with Crippen LogP contribution in [-0.2, 0) is 9.53 Å². The normalized spacial score (nSPS) is 22.4. The molecule has 0 radical (unpaired) electrons. The molecule has 0 spiro atoms. The summed E-state index contributed by atoms with van der Waals surface area (Å²) in [6.45, 7) is 4.00. The van der Waals surface area contributed by atoms with E-state index < -0.39 is 6.43 Å². The van der Waals surface area contributed by atoms with E-state index in [-0.39, 0.29) is 23.8 Å². The Balaban J connectivity index is 1.26. The van der Waals surface area contributed by atoms with Gasteiger partial charge in [0.15, 0.2) is 5.82 Å². The number of halogens is 2. The van der Waals surface area contributed by atoms with Crippen LogP contribution in [0, 0.1) is 5.92 Å². The first kappa shape index (κ1) is 25.9. The van der Waals surface area contributed by atoms with Crippen LogP contribution >= 0.6 is 0 Å². The van der Waals surface area contributed by atoms with Gasteiger partial charge in [-0.3, -0.25) is 9.36 Å². The molecule has 3 aromatic rings. The average molecular weight is 541 g/mol. The SMILES string of the molecule is O=C(C1CCC(Oc2cc(-n3c(C(F)F)nc4ccccc43)nc(N3CCOCC3)n2)CC1)N1CCCCC1. The number of morpholine rings is 1. The van der Waals surface area contributed by atoms with Gasteiger partial charge in [-0.25, -0.2) is 13.8 Å². The quantitative estimate of drug-likeness (QED) is 0.454. The van der Waals surface area contributed by atoms with Crippen molar-refractivity contribution >= 4 is 22.9 Å². The first-order valence-electron chi connectivity index (χ1n) is 14.0. The molecule has 6 rings (SSSR count). The third-order valence-electron chi connectivity index (χ3n) is 7.96. The molecule has 9 nitrogen and oxygen atoms in total. The number of ether oxygens (including phenoxy) is 2. The molecule has 0 unspecified atom stereocenters. The molecule has 3 aliphatic rings. The Morgan fingerprint density at radius 3 is 2.44 bits per heavy atom. The lowest BCUT2D eigenvalue weighted by molar-refractivity contribution is -0.138. The van der Waals surface area contributed by atoms with Crippen LogP contribution in [0.1, 0.15) is 57.2 Å². The summed E-state index contributed by atoms with van der Waals surface area (Å²) in [7, 11) is 0. The molecule has 2 aromatic heterocycles. The van der Waals surface area contributed by atoms with E-state index in [1.54, 1.807) is 30.3 Å². The molecule has 4 heterocycles. The molecule has 1 saturated carbocycles. The summed E-state index contributed by atoms with van der Waals surface area (Å²) in [6, 6.07) is 8.65. The van der Waals surface area contributed by atoms with Crippen molar-refractivity contribution in [2.75, 3.05) is 44.3 Å². The van der Waals surface area contributed by atoms with Crippen molar-refractivity contribution < 1.29 is 23.0 Å². The Hall–Kier alpha value is -3.34. The van der Waals surface area contributed by atoms with Crippen molar-refractivity contribution in [3.63, 3.8) is 0 Å². The zero-order chi connectivity index (χ0) is 26.8. The highest BCUT2D eigenvalue weighted by molar-refractivity contribution is 5.79. The number of alkyl halides is 2. The third kappa shape index (κ3) is 5.54. The molecule has 2 aliphatic heterocycles. The Morgan fingerprint density at radius 2 is 1.69 bits per heavy atom.